The number of carbonyl (C=O) groups excluding carboxylic acids is 1. The first-order valence-electron chi connectivity index (χ1n) is 8.09. The highest BCUT2D eigenvalue weighted by molar-refractivity contribution is 6.42. The number of carbonyl (C=O) groups is 1. The van der Waals surface area contributed by atoms with Crippen LogP contribution in [0.5, 0.6) is 0 Å². The number of piperidine rings is 1. The van der Waals surface area contributed by atoms with E-state index in [0.29, 0.717) is 28.9 Å². The van der Waals surface area contributed by atoms with Crippen molar-refractivity contribution in [2.24, 2.45) is 5.92 Å². The summed E-state index contributed by atoms with van der Waals surface area (Å²) in [5.74, 6) is 0.978. The molecule has 120 valence electrons. The lowest BCUT2D eigenvalue weighted by Crippen LogP contribution is -2.36. The van der Waals surface area contributed by atoms with E-state index in [1.54, 1.807) is 0 Å². The first kappa shape index (κ1) is 16.1. The molecule has 0 atom stereocenters. The summed E-state index contributed by atoms with van der Waals surface area (Å²) in [5.41, 5.74) is 2.24. The van der Waals surface area contributed by atoms with Crippen molar-refractivity contribution in [3.8, 4) is 0 Å². The van der Waals surface area contributed by atoms with Crippen molar-refractivity contribution < 1.29 is 4.79 Å². The second-order valence-electron chi connectivity index (χ2n) is 6.30. The lowest BCUT2D eigenvalue weighted by Gasteiger charge is -2.30. The van der Waals surface area contributed by atoms with Gasteiger partial charge < -0.3 is 10.2 Å². The van der Waals surface area contributed by atoms with E-state index in [-0.39, 0.29) is 5.91 Å². The Bertz CT molecular complexity index is 556. The van der Waals surface area contributed by atoms with E-state index in [2.05, 4.69) is 5.32 Å². The van der Waals surface area contributed by atoms with Gasteiger partial charge in [0.15, 0.2) is 0 Å². The first-order chi connectivity index (χ1) is 10.6. The van der Waals surface area contributed by atoms with Crippen LogP contribution in [0.25, 0.3) is 0 Å². The van der Waals surface area contributed by atoms with E-state index >= 15 is 0 Å². The second kappa shape index (κ2) is 7.20. The Morgan fingerprint density at radius 1 is 1.27 bits per heavy atom. The molecule has 2 heterocycles. The van der Waals surface area contributed by atoms with Gasteiger partial charge in [0.25, 0.3) is 0 Å². The molecule has 2 aliphatic rings. The molecule has 22 heavy (non-hydrogen) atoms. The molecule has 1 aromatic carbocycles. The van der Waals surface area contributed by atoms with Crippen molar-refractivity contribution >= 4 is 29.1 Å². The standard InChI is InChI=1S/C17H22Cl2N2O/c18-15-3-2-13-11-21(10-7-14(13)17(15)19)16(22)4-1-12-5-8-20-9-6-12/h2-3,12,20H,1,4-11H2. The molecule has 3 rings (SSSR count). The minimum Gasteiger partial charge on any atom is -0.338 e. The van der Waals surface area contributed by atoms with Gasteiger partial charge in [-0.15, -0.1) is 0 Å². The van der Waals surface area contributed by atoms with Crippen LogP contribution in [0.3, 0.4) is 0 Å². The van der Waals surface area contributed by atoms with Gasteiger partial charge in [-0.2, -0.15) is 0 Å². The summed E-state index contributed by atoms with van der Waals surface area (Å²) in [6, 6.07) is 3.82. The van der Waals surface area contributed by atoms with Crippen LogP contribution in [0, 0.1) is 5.92 Å². The number of rotatable bonds is 3. The monoisotopic (exact) mass is 340 g/mol. The number of hydrogen-bond acceptors (Lipinski definition) is 2. The number of nitrogens with zero attached hydrogens (tertiary/aromatic N) is 1. The Hall–Kier alpha value is -0.770. The molecular weight excluding hydrogens is 319 g/mol. The summed E-state index contributed by atoms with van der Waals surface area (Å²) in [6.07, 6.45) is 4.88. The normalized spacial score (nSPS) is 19.1. The van der Waals surface area contributed by atoms with Gasteiger partial charge in [-0.25, -0.2) is 0 Å². The predicted molar refractivity (Wildman–Crippen MR) is 90.4 cm³/mol. The van der Waals surface area contributed by atoms with E-state index in [1.807, 2.05) is 17.0 Å². The Morgan fingerprint density at radius 3 is 2.82 bits per heavy atom. The lowest BCUT2D eigenvalue weighted by atomic mass is 9.92. The van der Waals surface area contributed by atoms with Crippen LogP contribution >= 0.6 is 23.2 Å². The molecule has 0 spiro atoms. The molecule has 0 saturated carbocycles. The van der Waals surface area contributed by atoms with Crippen molar-refractivity contribution in [2.75, 3.05) is 19.6 Å². The van der Waals surface area contributed by atoms with Crippen LogP contribution in [-0.2, 0) is 17.8 Å². The van der Waals surface area contributed by atoms with Gasteiger partial charge in [-0.3, -0.25) is 4.79 Å². The molecule has 1 fully saturated rings. The predicted octanol–water partition coefficient (Wildman–Crippen LogP) is 3.66. The number of hydrogen-bond donors (Lipinski definition) is 1. The van der Waals surface area contributed by atoms with Gasteiger partial charge in [0.05, 0.1) is 10.0 Å². The van der Waals surface area contributed by atoms with E-state index in [1.165, 1.54) is 12.8 Å². The van der Waals surface area contributed by atoms with Gasteiger partial charge in [0.1, 0.15) is 0 Å². The van der Waals surface area contributed by atoms with Gasteiger partial charge in [0.2, 0.25) is 5.91 Å². The average molecular weight is 341 g/mol. The second-order valence-corrected chi connectivity index (χ2v) is 7.08. The number of amides is 1. The van der Waals surface area contributed by atoms with E-state index < -0.39 is 0 Å². The molecule has 1 N–H and O–H groups in total. The quantitative estimate of drug-likeness (QED) is 0.910. The molecule has 1 saturated heterocycles. The smallest absolute Gasteiger partial charge is 0.222 e. The summed E-state index contributed by atoms with van der Waals surface area (Å²) in [4.78, 5) is 14.4. The molecule has 0 aliphatic carbocycles. The highest BCUT2D eigenvalue weighted by Crippen LogP contribution is 2.32. The third-order valence-corrected chi connectivity index (χ3v) is 5.71. The molecule has 3 nitrogen and oxygen atoms in total. The van der Waals surface area contributed by atoms with Gasteiger partial charge in [0, 0.05) is 19.5 Å². The van der Waals surface area contributed by atoms with Crippen LogP contribution in [0.4, 0.5) is 0 Å². The Kier molecular flexibility index (Phi) is 5.27. The fourth-order valence-corrected chi connectivity index (χ4v) is 3.91. The average Bonchev–Trinajstić information content (AvgIpc) is 2.56. The van der Waals surface area contributed by atoms with E-state index in [9.17, 15) is 4.79 Å². The molecule has 2 aliphatic heterocycles. The molecule has 0 radical (unpaired) electrons. The maximum Gasteiger partial charge on any atom is 0.222 e. The van der Waals surface area contributed by atoms with Crippen LogP contribution in [-0.4, -0.2) is 30.4 Å². The molecule has 5 heteroatoms. The number of halogens is 2. The van der Waals surface area contributed by atoms with Crippen LogP contribution in [0.15, 0.2) is 12.1 Å². The lowest BCUT2D eigenvalue weighted by molar-refractivity contribution is -0.132. The SMILES string of the molecule is O=C(CCC1CCNCC1)N1CCc2c(ccc(Cl)c2Cl)C1. The van der Waals surface area contributed by atoms with Crippen molar-refractivity contribution in [3.05, 3.63) is 33.3 Å². The Labute approximate surface area is 142 Å². The van der Waals surface area contributed by atoms with E-state index in [0.717, 1.165) is 43.6 Å². The zero-order chi connectivity index (χ0) is 15.5. The first-order valence-corrected chi connectivity index (χ1v) is 8.85. The minimum absolute atomic E-state index is 0.273. The third kappa shape index (κ3) is 3.58. The maximum atomic E-state index is 12.5. The Morgan fingerprint density at radius 2 is 2.05 bits per heavy atom. The Balaban J connectivity index is 1.57. The van der Waals surface area contributed by atoms with Crippen LogP contribution in [0.2, 0.25) is 10.0 Å². The number of fused-ring (bicyclic) bond motifs is 1. The fourth-order valence-electron chi connectivity index (χ4n) is 3.45. The molecule has 1 aromatic rings. The number of nitrogens with one attached hydrogen (secondary N) is 1. The van der Waals surface area contributed by atoms with Crippen LogP contribution < -0.4 is 5.32 Å². The third-order valence-electron chi connectivity index (χ3n) is 4.86. The number of benzene rings is 1. The van der Waals surface area contributed by atoms with Crippen LogP contribution in [0.1, 0.15) is 36.8 Å². The van der Waals surface area contributed by atoms with Gasteiger partial charge >= 0.3 is 0 Å². The summed E-state index contributed by atoms with van der Waals surface area (Å²) in [5, 5.41) is 4.62. The topological polar surface area (TPSA) is 32.3 Å². The fraction of sp³-hybridized carbons (Fsp3) is 0.588. The molecule has 1 amide bonds. The molecule has 0 unspecified atom stereocenters. The molecule has 0 aromatic heterocycles. The van der Waals surface area contributed by atoms with Crippen molar-refractivity contribution in [2.45, 2.75) is 38.6 Å². The zero-order valence-corrected chi connectivity index (χ0v) is 14.2. The largest absolute Gasteiger partial charge is 0.338 e. The molecule has 0 bridgehead atoms. The van der Waals surface area contributed by atoms with Crippen molar-refractivity contribution in [3.63, 3.8) is 0 Å². The maximum absolute atomic E-state index is 12.5. The summed E-state index contributed by atoms with van der Waals surface area (Å²) in [7, 11) is 0. The van der Waals surface area contributed by atoms with Gasteiger partial charge in [-0.05, 0) is 61.9 Å². The van der Waals surface area contributed by atoms with E-state index in [4.69, 9.17) is 23.2 Å². The highest BCUT2D eigenvalue weighted by atomic mass is 35.5. The zero-order valence-electron chi connectivity index (χ0n) is 12.7. The summed E-state index contributed by atoms with van der Waals surface area (Å²) in [6.45, 7) is 3.60. The van der Waals surface area contributed by atoms with Crippen molar-refractivity contribution in [1.29, 1.82) is 0 Å². The van der Waals surface area contributed by atoms with Gasteiger partial charge in [-0.1, -0.05) is 29.3 Å². The highest BCUT2D eigenvalue weighted by Gasteiger charge is 2.24. The summed E-state index contributed by atoms with van der Waals surface area (Å²) >= 11 is 12.3. The summed E-state index contributed by atoms with van der Waals surface area (Å²) < 4.78 is 0. The molecular formula is C17H22Cl2N2O. The minimum atomic E-state index is 0.273. The van der Waals surface area contributed by atoms with Crippen molar-refractivity contribution in [1.82, 2.24) is 10.2 Å².